The molecular formula is C17H15ClFNO4. The molecule has 0 radical (unpaired) electrons. The Kier molecular flexibility index (Phi) is 6.14. The van der Waals surface area contributed by atoms with E-state index in [0.29, 0.717) is 5.75 Å². The molecule has 2 aromatic rings. The number of anilines is 1. The number of carbonyl (C=O) groups is 2. The number of hydrogen-bond acceptors (Lipinski definition) is 4. The summed E-state index contributed by atoms with van der Waals surface area (Å²) in [5.74, 6) is -1.52. The van der Waals surface area contributed by atoms with Crippen LogP contribution < -0.4 is 10.1 Å². The molecule has 0 aliphatic rings. The van der Waals surface area contributed by atoms with Crippen molar-refractivity contribution in [2.45, 2.75) is 13.0 Å². The highest BCUT2D eigenvalue weighted by Crippen LogP contribution is 2.19. The Morgan fingerprint density at radius 1 is 1.21 bits per heavy atom. The highest BCUT2D eigenvalue weighted by Gasteiger charge is 2.18. The van der Waals surface area contributed by atoms with Crippen LogP contribution in [0.15, 0.2) is 48.5 Å². The zero-order valence-corrected chi connectivity index (χ0v) is 13.5. The fourth-order valence-corrected chi connectivity index (χ4v) is 1.96. The number of esters is 1. The Hall–Kier alpha value is -2.60. The van der Waals surface area contributed by atoms with Crippen LogP contribution in [-0.2, 0) is 14.3 Å². The van der Waals surface area contributed by atoms with Gasteiger partial charge in [0, 0.05) is 5.02 Å². The van der Waals surface area contributed by atoms with Gasteiger partial charge >= 0.3 is 5.97 Å². The number of nitrogens with one attached hydrogen (secondary N) is 1. The normalized spacial score (nSPS) is 11.5. The fraction of sp³-hybridized carbons (Fsp3) is 0.176. The number of rotatable bonds is 6. The molecule has 1 N–H and O–H groups in total. The van der Waals surface area contributed by atoms with Crippen molar-refractivity contribution in [2.75, 3.05) is 11.9 Å². The number of carbonyl (C=O) groups excluding carboxylic acids is 2. The summed E-state index contributed by atoms with van der Waals surface area (Å²) < 4.78 is 23.7. The maximum Gasteiger partial charge on any atom is 0.347 e. The van der Waals surface area contributed by atoms with Crippen molar-refractivity contribution in [3.8, 4) is 5.75 Å². The quantitative estimate of drug-likeness (QED) is 0.810. The van der Waals surface area contributed by atoms with Gasteiger partial charge in [-0.1, -0.05) is 29.8 Å². The third-order valence-corrected chi connectivity index (χ3v) is 3.17. The summed E-state index contributed by atoms with van der Waals surface area (Å²) in [6.07, 6.45) is -0.886. The average molecular weight is 352 g/mol. The number of ether oxygens (including phenoxy) is 2. The molecular weight excluding hydrogens is 337 g/mol. The van der Waals surface area contributed by atoms with Gasteiger partial charge in [0.15, 0.2) is 12.7 Å². The van der Waals surface area contributed by atoms with Gasteiger partial charge in [0.25, 0.3) is 5.91 Å². The summed E-state index contributed by atoms with van der Waals surface area (Å²) in [6.45, 7) is 0.942. The van der Waals surface area contributed by atoms with Gasteiger partial charge in [0.05, 0.1) is 5.69 Å². The van der Waals surface area contributed by atoms with Crippen molar-refractivity contribution in [1.82, 2.24) is 0 Å². The molecule has 0 heterocycles. The van der Waals surface area contributed by atoms with Crippen LogP contribution in [0.4, 0.5) is 10.1 Å². The van der Waals surface area contributed by atoms with Gasteiger partial charge in [-0.2, -0.15) is 0 Å². The van der Waals surface area contributed by atoms with Crippen LogP contribution in [0.5, 0.6) is 5.75 Å². The van der Waals surface area contributed by atoms with Crippen LogP contribution >= 0.6 is 11.6 Å². The molecule has 0 bridgehead atoms. The molecule has 1 atom stereocenters. The van der Waals surface area contributed by atoms with E-state index in [0.717, 1.165) is 6.07 Å². The van der Waals surface area contributed by atoms with Crippen LogP contribution in [0.1, 0.15) is 6.92 Å². The topological polar surface area (TPSA) is 64.6 Å². The summed E-state index contributed by atoms with van der Waals surface area (Å²) in [6, 6.07) is 12.5. The molecule has 0 saturated heterocycles. The molecule has 7 heteroatoms. The van der Waals surface area contributed by atoms with Crippen molar-refractivity contribution in [2.24, 2.45) is 0 Å². The zero-order chi connectivity index (χ0) is 17.5. The minimum Gasteiger partial charge on any atom is -0.479 e. The number of amides is 1. The van der Waals surface area contributed by atoms with Gasteiger partial charge < -0.3 is 14.8 Å². The van der Waals surface area contributed by atoms with E-state index in [9.17, 15) is 14.0 Å². The lowest BCUT2D eigenvalue weighted by atomic mass is 10.3. The monoisotopic (exact) mass is 351 g/mol. The van der Waals surface area contributed by atoms with Crippen molar-refractivity contribution in [1.29, 1.82) is 0 Å². The Balaban J connectivity index is 1.82. The van der Waals surface area contributed by atoms with Gasteiger partial charge in [-0.25, -0.2) is 9.18 Å². The summed E-state index contributed by atoms with van der Waals surface area (Å²) >= 11 is 5.73. The molecule has 126 valence electrons. The molecule has 0 aliphatic heterocycles. The number of para-hydroxylation sites is 1. The van der Waals surface area contributed by atoms with Crippen molar-refractivity contribution < 1.29 is 23.5 Å². The molecule has 0 saturated carbocycles. The Morgan fingerprint density at radius 3 is 2.62 bits per heavy atom. The van der Waals surface area contributed by atoms with Crippen LogP contribution in [0.2, 0.25) is 5.02 Å². The van der Waals surface area contributed by atoms with E-state index in [1.165, 1.54) is 19.1 Å². The first kappa shape index (κ1) is 17.7. The molecule has 24 heavy (non-hydrogen) atoms. The summed E-state index contributed by atoms with van der Waals surface area (Å²) in [4.78, 5) is 23.5. The van der Waals surface area contributed by atoms with Crippen LogP contribution in [0.3, 0.4) is 0 Å². The van der Waals surface area contributed by atoms with Gasteiger partial charge in [0.1, 0.15) is 11.6 Å². The smallest absolute Gasteiger partial charge is 0.347 e. The second-order valence-electron chi connectivity index (χ2n) is 4.85. The lowest BCUT2D eigenvalue weighted by molar-refractivity contribution is -0.153. The van der Waals surface area contributed by atoms with E-state index in [2.05, 4.69) is 5.32 Å². The molecule has 0 spiro atoms. The highest BCUT2D eigenvalue weighted by atomic mass is 35.5. The number of halogens is 2. The van der Waals surface area contributed by atoms with E-state index < -0.39 is 30.4 Å². The zero-order valence-electron chi connectivity index (χ0n) is 12.8. The van der Waals surface area contributed by atoms with Crippen molar-refractivity contribution in [3.63, 3.8) is 0 Å². The van der Waals surface area contributed by atoms with E-state index in [1.807, 2.05) is 6.07 Å². The number of benzene rings is 2. The van der Waals surface area contributed by atoms with E-state index in [-0.39, 0.29) is 10.7 Å². The molecule has 0 aliphatic carbocycles. The summed E-state index contributed by atoms with van der Waals surface area (Å²) in [7, 11) is 0. The van der Waals surface area contributed by atoms with E-state index >= 15 is 0 Å². The first-order valence-electron chi connectivity index (χ1n) is 7.09. The SMILES string of the molecule is CC(Oc1ccccc1)C(=O)OCC(=O)Nc1cc(Cl)ccc1F. The first-order chi connectivity index (χ1) is 11.5. The predicted octanol–water partition coefficient (Wildman–Crippen LogP) is 3.43. The molecule has 0 aromatic heterocycles. The first-order valence-corrected chi connectivity index (χ1v) is 7.47. The minimum absolute atomic E-state index is 0.0860. The van der Waals surface area contributed by atoms with Crippen molar-refractivity contribution in [3.05, 3.63) is 59.4 Å². The largest absolute Gasteiger partial charge is 0.479 e. The van der Waals surface area contributed by atoms with Crippen molar-refractivity contribution >= 4 is 29.2 Å². The number of hydrogen-bond donors (Lipinski definition) is 1. The Labute approximate surface area is 143 Å². The lowest BCUT2D eigenvalue weighted by Gasteiger charge is -2.14. The molecule has 2 rings (SSSR count). The maximum atomic E-state index is 13.5. The highest BCUT2D eigenvalue weighted by molar-refractivity contribution is 6.30. The minimum atomic E-state index is -0.886. The van der Waals surface area contributed by atoms with E-state index in [1.54, 1.807) is 24.3 Å². The fourth-order valence-electron chi connectivity index (χ4n) is 1.78. The van der Waals surface area contributed by atoms with Gasteiger partial charge in [-0.05, 0) is 37.3 Å². The summed E-state index contributed by atoms with van der Waals surface area (Å²) in [5.41, 5.74) is -0.0860. The average Bonchev–Trinajstić information content (AvgIpc) is 2.57. The van der Waals surface area contributed by atoms with Gasteiger partial charge in [-0.15, -0.1) is 0 Å². The lowest BCUT2D eigenvalue weighted by Crippen LogP contribution is -2.29. The third kappa shape index (κ3) is 5.24. The Bertz CT molecular complexity index is 724. The molecule has 1 amide bonds. The Morgan fingerprint density at radius 2 is 1.92 bits per heavy atom. The second kappa shape index (κ2) is 8.31. The summed E-state index contributed by atoms with van der Waals surface area (Å²) in [5, 5.41) is 2.55. The van der Waals surface area contributed by atoms with Gasteiger partial charge in [-0.3, -0.25) is 4.79 Å². The van der Waals surface area contributed by atoms with E-state index in [4.69, 9.17) is 21.1 Å². The van der Waals surface area contributed by atoms with Crippen LogP contribution in [-0.4, -0.2) is 24.6 Å². The second-order valence-corrected chi connectivity index (χ2v) is 5.29. The maximum absolute atomic E-state index is 13.5. The van der Waals surface area contributed by atoms with Crippen LogP contribution in [0.25, 0.3) is 0 Å². The molecule has 1 unspecified atom stereocenters. The standard InChI is InChI=1S/C17H15ClFNO4/c1-11(24-13-5-3-2-4-6-13)17(22)23-10-16(21)20-15-9-12(18)7-8-14(15)19/h2-9,11H,10H2,1H3,(H,20,21). The third-order valence-electron chi connectivity index (χ3n) is 2.94. The molecule has 5 nitrogen and oxygen atoms in total. The molecule has 0 fully saturated rings. The van der Waals surface area contributed by atoms with Crippen LogP contribution in [0, 0.1) is 5.82 Å². The predicted molar refractivity (Wildman–Crippen MR) is 87.5 cm³/mol. The van der Waals surface area contributed by atoms with Gasteiger partial charge in [0.2, 0.25) is 0 Å². The molecule has 2 aromatic carbocycles.